The third kappa shape index (κ3) is 6.20. The van der Waals surface area contributed by atoms with E-state index in [9.17, 15) is 0 Å². The first-order valence-corrected chi connectivity index (χ1v) is 19.3. The second kappa shape index (κ2) is 14.2. The van der Waals surface area contributed by atoms with Crippen molar-refractivity contribution in [3.05, 3.63) is 154 Å². The Morgan fingerprint density at radius 3 is 1.02 bits per heavy atom. The van der Waals surface area contributed by atoms with Crippen LogP contribution in [-0.2, 0) is 0 Å². The minimum absolute atomic E-state index is 0.468. The fourth-order valence-corrected chi connectivity index (χ4v) is 8.25. The molecule has 0 saturated heterocycles. The Hall–Kier alpha value is -4.60. The van der Waals surface area contributed by atoms with Crippen molar-refractivity contribution < 1.29 is 0 Å². The molecule has 2 heterocycles. The van der Waals surface area contributed by atoms with Crippen molar-refractivity contribution in [2.75, 3.05) is 0 Å². The molecular formula is C48H49BrN2. The van der Waals surface area contributed by atoms with Crippen molar-refractivity contribution in [1.29, 1.82) is 0 Å². The van der Waals surface area contributed by atoms with E-state index in [2.05, 4.69) is 208 Å². The molecule has 0 fully saturated rings. The second-order valence-electron chi connectivity index (χ2n) is 15.1. The average Bonchev–Trinajstić information content (AvgIpc) is 3.63. The Morgan fingerprint density at radius 1 is 0.353 bits per heavy atom. The van der Waals surface area contributed by atoms with Crippen molar-refractivity contribution in [3.63, 3.8) is 0 Å². The van der Waals surface area contributed by atoms with Crippen molar-refractivity contribution >= 4 is 59.5 Å². The van der Waals surface area contributed by atoms with Crippen molar-refractivity contribution in [2.24, 2.45) is 0 Å². The molecule has 0 aliphatic heterocycles. The van der Waals surface area contributed by atoms with Gasteiger partial charge in [0.1, 0.15) is 0 Å². The van der Waals surface area contributed by atoms with Crippen molar-refractivity contribution in [2.45, 2.75) is 79.1 Å². The molecule has 8 rings (SSSR count). The summed E-state index contributed by atoms with van der Waals surface area (Å²) >= 11 is 3.65. The summed E-state index contributed by atoms with van der Waals surface area (Å²) in [6.07, 6.45) is 0. The van der Waals surface area contributed by atoms with Gasteiger partial charge in [-0.25, -0.2) is 0 Å². The van der Waals surface area contributed by atoms with E-state index in [1.54, 1.807) is 0 Å². The van der Waals surface area contributed by atoms with E-state index in [1.807, 2.05) is 0 Å². The second-order valence-corrected chi connectivity index (χ2v) is 16.0. The van der Waals surface area contributed by atoms with Crippen molar-refractivity contribution in [1.82, 2.24) is 9.13 Å². The molecule has 0 amide bonds. The zero-order valence-electron chi connectivity index (χ0n) is 31.2. The third-order valence-corrected chi connectivity index (χ3v) is 10.8. The molecule has 8 aromatic rings. The summed E-state index contributed by atoms with van der Waals surface area (Å²) in [7, 11) is 0. The molecule has 3 heteroatoms. The molecule has 2 nitrogen and oxygen atoms in total. The van der Waals surface area contributed by atoms with Crippen LogP contribution in [0, 0.1) is 0 Å². The van der Waals surface area contributed by atoms with Gasteiger partial charge in [-0.1, -0.05) is 162 Å². The number of fused-ring (bicyclic) bond motifs is 6. The first-order chi connectivity index (χ1) is 24.6. The van der Waals surface area contributed by atoms with Crippen LogP contribution in [0.1, 0.15) is 101 Å². The highest BCUT2D eigenvalue weighted by atomic mass is 79.9. The van der Waals surface area contributed by atoms with Crippen LogP contribution >= 0.6 is 15.9 Å². The summed E-state index contributed by atoms with van der Waals surface area (Å²) in [5.41, 5.74) is 13.5. The Kier molecular flexibility index (Phi) is 9.70. The monoisotopic (exact) mass is 732 g/mol. The van der Waals surface area contributed by atoms with Crippen molar-refractivity contribution in [3.8, 4) is 11.4 Å². The van der Waals surface area contributed by atoms with Gasteiger partial charge in [-0.15, -0.1) is 0 Å². The van der Waals surface area contributed by atoms with Gasteiger partial charge < -0.3 is 9.13 Å². The molecule has 0 spiro atoms. The van der Waals surface area contributed by atoms with Crippen LogP contribution in [0.25, 0.3) is 55.0 Å². The van der Waals surface area contributed by atoms with E-state index in [0.29, 0.717) is 23.7 Å². The summed E-state index contributed by atoms with van der Waals surface area (Å²) < 4.78 is 6.08. The van der Waals surface area contributed by atoms with Crippen LogP contribution in [-0.4, -0.2) is 9.13 Å². The minimum Gasteiger partial charge on any atom is -0.309 e. The first kappa shape index (κ1) is 34.8. The van der Waals surface area contributed by atoms with E-state index in [-0.39, 0.29) is 0 Å². The van der Waals surface area contributed by atoms with Gasteiger partial charge >= 0.3 is 0 Å². The van der Waals surface area contributed by atoms with Gasteiger partial charge in [-0.2, -0.15) is 0 Å². The molecule has 0 aliphatic carbocycles. The van der Waals surface area contributed by atoms with Gasteiger partial charge in [0.15, 0.2) is 0 Å². The lowest BCUT2D eigenvalue weighted by atomic mass is 9.92. The Morgan fingerprint density at radius 2 is 0.667 bits per heavy atom. The zero-order chi connectivity index (χ0) is 36.0. The minimum atomic E-state index is 0.468. The van der Waals surface area contributed by atoms with Gasteiger partial charge in [0, 0.05) is 26.0 Å². The average molecular weight is 734 g/mol. The van der Waals surface area contributed by atoms with Crippen LogP contribution < -0.4 is 0 Å². The predicted molar refractivity (Wildman–Crippen MR) is 226 cm³/mol. The maximum atomic E-state index is 3.65. The van der Waals surface area contributed by atoms with E-state index in [4.69, 9.17) is 0 Å². The van der Waals surface area contributed by atoms with E-state index in [1.165, 1.54) is 77.2 Å². The summed E-state index contributed by atoms with van der Waals surface area (Å²) in [4.78, 5) is 0. The molecule has 0 saturated carbocycles. The lowest BCUT2D eigenvalue weighted by Gasteiger charge is -2.22. The fraction of sp³-hybridized carbons (Fsp3) is 0.250. The van der Waals surface area contributed by atoms with Gasteiger partial charge in [-0.05, 0) is 82.3 Å². The molecule has 0 atom stereocenters. The van der Waals surface area contributed by atoms with Gasteiger partial charge in [0.05, 0.1) is 33.4 Å². The quantitative estimate of drug-likeness (QED) is 0.161. The highest BCUT2D eigenvalue weighted by Crippen LogP contribution is 2.40. The van der Waals surface area contributed by atoms with Crippen LogP contribution in [0.2, 0.25) is 0 Å². The SMILES string of the molecule is CC(C)c1cccc(C(C)C)c1-n1c2ccccc2c2cc(Br)ccc21.CC(C)c1cccc(C(C)C)c1-n1c2ccccc2c2ccccc21. The summed E-state index contributed by atoms with van der Waals surface area (Å²) in [6, 6.07) is 46.4. The van der Waals surface area contributed by atoms with Gasteiger partial charge in [0.2, 0.25) is 0 Å². The number of hydrogen-bond acceptors (Lipinski definition) is 0. The number of rotatable bonds is 6. The molecular weight excluding hydrogens is 684 g/mol. The van der Waals surface area contributed by atoms with E-state index >= 15 is 0 Å². The molecule has 0 aliphatic rings. The van der Waals surface area contributed by atoms with Crippen LogP contribution in [0.15, 0.2) is 132 Å². The number of aromatic nitrogens is 2. The lowest BCUT2D eigenvalue weighted by Crippen LogP contribution is -2.06. The number of nitrogens with zero attached hydrogens (tertiary/aromatic N) is 2. The molecule has 0 N–H and O–H groups in total. The highest BCUT2D eigenvalue weighted by Gasteiger charge is 2.21. The molecule has 6 aromatic carbocycles. The zero-order valence-corrected chi connectivity index (χ0v) is 32.8. The largest absolute Gasteiger partial charge is 0.309 e. The summed E-state index contributed by atoms with van der Waals surface area (Å²) in [5.74, 6) is 1.90. The molecule has 51 heavy (non-hydrogen) atoms. The Labute approximate surface area is 311 Å². The topological polar surface area (TPSA) is 9.86 Å². The Balaban J connectivity index is 0.000000159. The van der Waals surface area contributed by atoms with E-state index in [0.717, 1.165) is 4.47 Å². The maximum Gasteiger partial charge on any atom is 0.0542 e. The summed E-state index contributed by atoms with van der Waals surface area (Å²) in [6.45, 7) is 18.3. The fourth-order valence-electron chi connectivity index (χ4n) is 7.89. The lowest BCUT2D eigenvalue weighted by molar-refractivity contribution is 0.815. The van der Waals surface area contributed by atoms with Crippen LogP contribution in [0.4, 0.5) is 0 Å². The predicted octanol–water partition coefficient (Wildman–Crippen LogP) is 14.8. The third-order valence-electron chi connectivity index (χ3n) is 10.3. The normalized spacial score (nSPS) is 11.9. The van der Waals surface area contributed by atoms with Crippen LogP contribution in [0.3, 0.4) is 0 Å². The maximum absolute atomic E-state index is 3.65. The molecule has 0 unspecified atom stereocenters. The summed E-state index contributed by atoms with van der Waals surface area (Å²) in [5, 5.41) is 5.25. The van der Waals surface area contributed by atoms with Crippen LogP contribution in [0.5, 0.6) is 0 Å². The Bertz CT molecular complexity index is 2400. The highest BCUT2D eigenvalue weighted by molar-refractivity contribution is 9.10. The number of halogens is 1. The first-order valence-electron chi connectivity index (χ1n) is 18.5. The molecule has 0 radical (unpaired) electrons. The number of hydrogen-bond donors (Lipinski definition) is 0. The molecule has 2 aromatic heterocycles. The standard InChI is InChI=1S/C24H24BrN.C24H25N/c1-15(2)18-9-7-10-19(16(3)4)24(18)26-22-11-6-5-8-20(22)21-14-17(25)12-13-23(21)26;1-16(2)18-12-9-13-19(17(3)4)24(18)25-22-14-7-5-10-20(22)21-11-6-8-15-23(21)25/h5-16H,1-4H3;5-17H,1-4H3. The number of benzene rings is 6. The molecule has 0 bridgehead atoms. The number of para-hydroxylation sites is 5. The van der Waals surface area contributed by atoms with Gasteiger partial charge in [-0.3, -0.25) is 0 Å². The van der Waals surface area contributed by atoms with Gasteiger partial charge in [0.25, 0.3) is 0 Å². The van der Waals surface area contributed by atoms with E-state index < -0.39 is 0 Å². The molecule has 258 valence electrons. The smallest absolute Gasteiger partial charge is 0.0542 e.